The number of allylic oxidation sites excluding steroid dienone is 5. The molecule has 1 unspecified atom stereocenters. The molecule has 0 saturated carbocycles. The van der Waals surface area contributed by atoms with Crippen molar-refractivity contribution in [1.82, 2.24) is 4.90 Å². The van der Waals surface area contributed by atoms with E-state index in [1.165, 1.54) is 11.8 Å². The molecular weight excluding hydrogens is 502 g/mol. The first-order valence-corrected chi connectivity index (χ1v) is 14.4. The maximum Gasteiger partial charge on any atom is 0.330 e. The van der Waals surface area contributed by atoms with E-state index in [-0.39, 0.29) is 29.5 Å². The van der Waals surface area contributed by atoms with Crippen molar-refractivity contribution in [3.8, 4) is 5.75 Å². The SMILES string of the molecule is COc1ccc(CN2C(=O)SC[C@@H]2[C@@]2(OC)CC3C[C@@H](CCC/C=C/C=C/CC/C(C)=C\C(=O)O3)O2)cc1. The Morgan fingerprint density at radius 1 is 1.08 bits per heavy atom. The molecule has 206 valence electrons. The van der Waals surface area contributed by atoms with Crippen molar-refractivity contribution in [3.63, 3.8) is 0 Å². The van der Waals surface area contributed by atoms with Crippen LogP contribution in [0.4, 0.5) is 4.79 Å². The third-order valence-corrected chi connectivity index (χ3v) is 8.34. The van der Waals surface area contributed by atoms with Gasteiger partial charge in [0.15, 0.2) is 5.79 Å². The van der Waals surface area contributed by atoms with Gasteiger partial charge in [-0.1, -0.05) is 53.8 Å². The zero-order valence-corrected chi connectivity index (χ0v) is 23.4. The van der Waals surface area contributed by atoms with Crippen LogP contribution in [0.25, 0.3) is 0 Å². The van der Waals surface area contributed by atoms with Crippen LogP contribution in [0.15, 0.2) is 60.2 Å². The fourth-order valence-electron chi connectivity index (χ4n) is 5.33. The van der Waals surface area contributed by atoms with Crippen LogP contribution in [-0.2, 0) is 25.5 Å². The van der Waals surface area contributed by atoms with Crippen LogP contribution in [0.5, 0.6) is 5.75 Å². The highest BCUT2D eigenvalue weighted by Crippen LogP contribution is 2.43. The number of methoxy groups -OCH3 is 2. The van der Waals surface area contributed by atoms with Gasteiger partial charge in [0, 0.05) is 38.3 Å². The second kappa shape index (κ2) is 13.5. The van der Waals surface area contributed by atoms with E-state index in [2.05, 4.69) is 24.3 Å². The number of amides is 1. The van der Waals surface area contributed by atoms with Crippen LogP contribution in [0, 0.1) is 0 Å². The third kappa shape index (κ3) is 7.30. The van der Waals surface area contributed by atoms with E-state index >= 15 is 0 Å². The highest BCUT2D eigenvalue weighted by atomic mass is 32.2. The van der Waals surface area contributed by atoms with Gasteiger partial charge in [-0.3, -0.25) is 4.79 Å². The number of hydrogen-bond donors (Lipinski definition) is 0. The van der Waals surface area contributed by atoms with Crippen LogP contribution < -0.4 is 4.74 Å². The fourth-order valence-corrected chi connectivity index (χ4v) is 6.43. The molecule has 7 nitrogen and oxygen atoms in total. The van der Waals surface area contributed by atoms with Crippen LogP contribution in [-0.4, -0.2) is 60.1 Å². The summed E-state index contributed by atoms with van der Waals surface area (Å²) in [5.41, 5.74) is 1.98. The smallest absolute Gasteiger partial charge is 0.330 e. The number of nitrogens with zero attached hydrogens (tertiary/aromatic N) is 1. The highest BCUT2D eigenvalue weighted by Gasteiger charge is 2.54. The molecule has 2 bridgehead atoms. The summed E-state index contributed by atoms with van der Waals surface area (Å²) in [4.78, 5) is 27.7. The Kier molecular flexibility index (Phi) is 10.1. The Bertz CT molecular complexity index is 1050. The molecule has 3 heterocycles. The van der Waals surface area contributed by atoms with Crippen molar-refractivity contribution >= 4 is 23.0 Å². The normalized spacial score (nSPS) is 32.2. The van der Waals surface area contributed by atoms with Crippen molar-refractivity contribution in [3.05, 3.63) is 65.8 Å². The largest absolute Gasteiger partial charge is 0.497 e. The lowest BCUT2D eigenvalue weighted by Gasteiger charge is -2.48. The van der Waals surface area contributed by atoms with Crippen LogP contribution >= 0.6 is 11.8 Å². The molecule has 3 aliphatic heterocycles. The maximum atomic E-state index is 13.0. The summed E-state index contributed by atoms with van der Waals surface area (Å²) in [6.07, 6.45) is 14.9. The summed E-state index contributed by atoms with van der Waals surface area (Å²) in [5.74, 6) is -0.0850. The molecule has 8 heteroatoms. The molecule has 1 aromatic carbocycles. The van der Waals surface area contributed by atoms with Gasteiger partial charge in [-0.05, 0) is 56.7 Å². The van der Waals surface area contributed by atoms with E-state index in [0.717, 1.165) is 49.0 Å². The van der Waals surface area contributed by atoms with E-state index < -0.39 is 5.79 Å². The minimum absolute atomic E-state index is 0.00674. The fraction of sp³-hybridized carbons (Fsp3) is 0.533. The molecule has 1 amide bonds. The molecule has 1 aromatic rings. The zero-order valence-electron chi connectivity index (χ0n) is 22.6. The van der Waals surface area contributed by atoms with Gasteiger partial charge < -0.3 is 23.8 Å². The number of carbonyl (C=O) groups is 2. The molecule has 3 aliphatic rings. The summed E-state index contributed by atoms with van der Waals surface area (Å²) < 4.78 is 24.1. The van der Waals surface area contributed by atoms with Gasteiger partial charge in [-0.25, -0.2) is 4.79 Å². The van der Waals surface area contributed by atoms with Gasteiger partial charge >= 0.3 is 5.97 Å². The number of hydrogen-bond acceptors (Lipinski definition) is 7. The number of carbonyl (C=O) groups excluding carboxylic acids is 2. The molecule has 4 rings (SSSR count). The first-order valence-electron chi connectivity index (χ1n) is 13.4. The van der Waals surface area contributed by atoms with Crippen molar-refractivity contribution in [1.29, 1.82) is 0 Å². The number of benzene rings is 1. The second-order valence-electron chi connectivity index (χ2n) is 10.1. The summed E-state index contributed by atoms with van der Waals surface area (Å²) in [7, 11) is 3.26. The molecule has 0 aliphatic carbocycles. The Morgan fingerprint density at radius 2 is 1.84 bits per heavy atom. The van der Waals surface area contributed by atoms with E-state index in [0.29, 0.717) is 25.1 Å². The van der Waals surface area contributed by atoms with Gasteiger partial charge in [0.25, 0.3) is 5.24 Å². The second-order valence-corrected chi connectivity index (χ2v) is 11.1. The molecule has 2 saturated heterocycles. The number of rotatable bonds is 5. The van der Waals surface area contributed by atoms with E-state index in [1.54, 1.807) is 20.3 Å². The molecule has 0 aromatic heterocycles. The molecular formula is C30H39NO6S. The van der Waals surface area contributed by atoms with E-state index in [9.17, 15) is 9.59 Å². The standard InChI is InChI=1S/C30H39NO6S/c1-22-11-9-7-5-4-6-8-10-12-25-18-26(36-28(32)17-22)19-30(35-3,37-25)27-21-38-29(33)31(27)20-23-13-15-24(34-2)16-14-23/h4-7,13-17,25-27H,8-12,18-21H2,1-3H3/b6-4+,7-5+,22-17-/t25-,26?,27-,30-/m1/s1. The average molecular weight is 542 g/mol. The molecule has 0 spiro atoms. The Balaban J connectivity index is 1.57. The first-order chi connectivity index (χ1) is 18.4. The minimum Gasteiger partial charge on any atom is -0.497 e. The number of esters is 1. The summed E-state index contributed by atoms with van der Waals surface area (Å²) in [6.45, 7) is 2.39. The van der Waals surface area contributed by atoms with Gasteiger partial charge in [0.2, 0.25) is 0 Å². The summed E-state index contributed by atoms with van der Waals surface area (Å²) >= 11 is 1.28. The lowest BCUT2D eigenvalue weighted by molar-refractivity contribution is -0.305. The van der Waals surface area contributed by atoms with Gasteiger partial charge in [-0.15, -0.1) is 0 Å². The van der Waals surface area contributed by atoms with Crippen molar-refractivity contribution < 1.29 is 28.5 Å². The Hall–Kier alpha value is -2.55. The Labute approximate surface area is 230 Å². The van der Waals surface area contributed by atoms with Crippen LogP contribution in [0.3, 0.4) is 0 Å². The predicted octanol–water partition coefficient (Wildman–Crippen LogP) is 6.19. The van der Waals surface area contributed by atoms with Crippen LogP contribution in [0.1, 0.15) is 57.4 Å². The number of ether oxygens (including phenoxy) is 4. The highest BCUT2D eigenvalue weighted by molar-refractivity contribution is 8.13. The molecule has 0 radical (unpaired) electrons. The average Bonchev–Trinajstić information content (AvgIpc) is 3.27. The van der Waals surface area contributed by atoms with Crippen LogP contribution in [0.2, 0.25) is 0 Å². The lowest BCUT2D eigenvalue weighted by atomic mass is 9.90. The summed E-state index contributed by atoms with van der Waals surface area (Å²) in [6, 6.07) is 7.40. The maximum absolute atomic E-state index is 13.0. The number of thioether (sulfide) groups is 1. The quantitative estimate of drug-likeness (QED) is 0.412. The zero-order chi connectivity index (χ0) is 27.0. The topological polar surface area (TPSA) is 74.3 Å². The van der Waals surface area contributed by atoms with Crippen molar-refractivity contribution in [2.75, 3.05) is 20.0 Å². The lowest BCUT2D eigenvalue weighted by Crippen LogP contribution is -2.60. The van der Waals surface area contributed by atoms with Gasteiger partial charge in [0.1, 0.15) is 11.9 Å². The molecule has 38 heavy (non-hydrogen) atoms. The molecule has 4 atom stereocenters. The minimum atomic E-state index is -1.07. The first kappa shape index (κ1) is 28.5. The van der Waals surface area contributed by atoms with E-state index in [4.69, 9.17) is 18.9 Å². The molecule has 0 N–H and O–H groups in total. The molecule has 2 fully saturated rings. The van der Waals surface area contributed by atoms with Gasteiger partial charge in [-0.2, -0.15) is 0 Å². The van der Waals surface area contributed by atoms with Gasteiger partial charge in [0.05, 0.1) is 19.3 Å². The van der Waals surface area contributed by atoms with E-state index in [1.807, 2.05) is 36.1 Å². The van der Waals surface area contributed by atoms with Crippen molar-refractivity contribution in [2.24, 2.45) is 0 Å². The summed E-state index contributed by atoms with van der Waals surface area (Å²) in [5, 5.41) is -0.00674. The Morgan fingerprint density at radius 3 is 2.58 bits per heavy atom. The predicted molar refractivity (Wildman–Crippen MR) is 149 cm³/mol. The monoisotopic (exact) mass is 541 g/mol. The number of fused-ring (bicyclic) bond motifs is 2. The third-order valence-electron chi connectivity index (χ3n) is 7.38. The van der Waals surface area contributed by atoms with Crippen molar-refractivity contribution in [2.45, 2.75) is 82.5 Å².